The number of nitriles is 1. The molecular formula is C19H22ClN7. The molecule has 3 fully saturated rings. The minimum Gasteiger partial charge on any atom is -0.366 e. The van der Waals surface area contributed by atoms with Crippen LogP contribution in [0.1, 0.15) is 24.8 Å². The van der Waals surface area contributed by atoms with Gasteiger partial charge in [-0.25, -0.2) is 0 Å². The van der Waals surface area contributed by atoms with Crippen LogP contribution in [0.3, 0.4) is 0 Å². The summed E-state index contributed by atoms with van der Waals surface area (Å²) < 4.78 is 0. The molecule has 0 amide bonds. The van der Waals surface area contributed by atoms with Gasteiger partial charge in [-0.1, -0.05) is 11.6 Å². The predicted molar refractivity (Wildman–Crippen MR) is 107 cm³/mol. The molecule has 2 aromatic rings. The molecule has 1 aliphatic carbocycles. The largest absolute Gasteiger partial charge is 0.366 e. The van der Waals surface area contributed by atoms with Crippen molar-refractivity contribution in [2.45, 2.75) is 31.3 Å². The van der Waals surface area contributed by atoms with Crippen LogP contribution in [0.2, 0.25) is 5.02 Å². The minimum atomic E-state index is 0.469. The summed E-state index contributed by atoms with van der Waals surface area (Å²) in [5.74, 6) is 1.45. The Hall–Kier alpha value is -2.43. The number of fused-ring (bicyclic) bond motifs is 2. The normalized spacial score (nSPS) is 23.9. The van der Waals surface area contributed by atoms with Gasteiger partial charge in [-0.05, 0) is 31.4 Å². The molecule has 3 aliphatic rings. The van der Waals surface area contributed by atoms with Gasteiger partial charge >= 0.3 is 0 Å². The van der Waals surface area contributed by atoms with Crippen molar-refractivity contribution < 1.29 is 0 Å². The van der Waals surface area contributed by atoms with E-state index in [9.17, 15) is 5.26 Å². The van der Waals surface area contributed by atoms with E-state index in [0.29, 0.717) is 34.3 Å². The Balaban J connectivity index is 1.43. The molecular weight excluding hydrogens is 362 g/mol. The number of hydrogen-bond donors (Lipinski definition) is 3. The van der Waals surface area contributed by atoms with Crippen LogP contribution in [0.4, 0.5) is 23.1 Å². The number of hydrogen-bond acceptors (Lipinski definition) is 6. The number of imidazole rings is 1. The molecule has 1 aromatic heterocycles. The number of benzene rings is 1. The zero-order valence-electron chi connectivity index (χ0n) is 15.0. The average Bonchev–Trinajstić information content (AvgIpc) is 3.26. The van der Waals surface area contributed by atoms with E-state index in [1.54, 1.807) is 6.07 Å². The average molecular weight is 384 g/mol. The zero-order chi connectivity index (χ0) is 18.4. The number of halogens is 1. The molecule has 3 N–H and O–H groups in total. The lowest BCUT2D eigenvalue weighted by atomic mass is 10.1. The molecule has 2 bridgehead atoms. The Morgan fingerprint density at radius 1 is 1.22 bits per heavy atom. The van der Waals surface area contributed by atoms with Crippen molar-refractivity contribution in [3.8, 4) is 6.07 Å². The van der Waals surface area contributed by atoms with Gasteiger partial charge in [0.25, 0.3) is 0 Å². The number of rotatable bonds is 5. The monoisotopic (exact) mass is 383 g/mol. The molecule has 2 atom stereocenters. The predicted octanol–water partition coefficient (Wildman–Crippen LogP) is 3.15. The summed E-state index contributed by atoms with van der Waals surface area (Å²) in [6.07, 6.45) is 5.39. The highest BCUT2D eigenvalue weighted by atomic mass is 35.5. The fourth-order valence-corrected chi connectivity index (χ4v) is 4.28. The zero-order valence-corrected chi connectivity index (χ0v) is 15.8. The van der Waals surface area contributed by atoms with Crippen molar-refractivity contribution in [3.63, 3.8) is 0 Å². The Kier molecular flexibility index (Phi) is 4.10. The third-order valence-corrected chi connectivity index (χ3v) is 5.99. The van der Waals surface area contributed by atoms with Gasteiger partial charge in [0.05, 0.1) is 28.0 Å². The molecule has 1 aromatic carbocycles. The van der Waals surface area contributed by atoms with E-state index < -0.39 is 0 Å². The highest BCUT2D eigenvalue weighted by Gasteiger charge is 2.34. The highest BCUT2D eigenvalue weighted by Crippen LogP contribution is 2.39. The molecule has 0 spiro atoms. The van der Waals surface area contributed by atoms with Crippen LogP contribution >= 0.6 is 11.6 Å². The molecule has 2 aliphatic heterocycles. The van der Waals surface area contributed by atoms with Gasteiger partial charge in [-0.3, -0.25) is 4.90 Å². The molecule has 27 heavy (non-hydrogen) atoms. The summed E-state index contributed by atoms with van der Waals surface area (Å²) in [4.78, 5) is 12.5. The van der Waals surface area contributed by atoms with E-state index in [4.69, 9.17) is 11.6 Å². The summed E-state index contributed by atoms with van der Waals surface area (Å²) in [6.45, 7) is 4.20. The van der Waals surface area contributed by atoms with Crippen LogP contribution in [0.25, 0.3) is 0 Å². The Labute approximate surface area is 163 Å². The first-order valence-electron chi connectivity index (χ1n) is 9.51. The lowest BCUT2D eigenvalue weighted by Crippen LogP contribution is -2.47. The van der Waals surface area contributed by atoms with E-state index in [1.807, 2.05) is 12.3 Å². The second kappa shape index (κ2) is 6.63. The van der Waals surface area contributed by atoms with Crippen molar-refractivity contribution in [3.05, 3.63) is 28.9 Å². The lowest BCUT2D eigenvalue weighted by Gasteiger charge is -2.37. The highest BCUT2D eigenvalue weighted by molar-refractivity contribution is 6.36. The number of piperazine rings is 1. The fourth-order valence-electron chi connectivity index (χ4n) is 4.02. The van der Waals surface area contributed by atoms with Gasteiger partial charge in [-0.2, -0.15) is 10.2 Å². The van der Waals surface area contributed by atoms with Crippen LogP contribution in [-0.2, 0) is 0 Å². The standard InChI is InChI=1S/C19H22ClN7/c20-18-15(24-19-22-10-17(25-19)23-13-1-2-13)7-12(9-21)8-16(18)27-6-5-26-4-3-14(27)11-26/h7-8,10,13-14,23H,1-6,11H2,(H2,22,24,25). The van der Waals surface area contributed by atoms with Gasteiger partial charge in [0.2, 0.25) is 5.95 Å². The van der Waals surface area contributed by atoms with Crippen molar-refractivity contribution >= 4 is 34.7 Å². The number of anilines is 4. The first-order valence-corrected chi connectivity index (χ1v) is 9.89. The van der Waals surface area contributed by atoms with E-state index in [1.165, 1.54) is 12.8 Å². The molecule has 2 unspecified atom stereocenters. The van der Waals surface area contributed by atoms with Crippen molar-refractivity contribution in [1.82, 2.24) is 14.9 Å². The second-order valence-corrected chi connectivity index (χ2v) is 7.96. The second-order valence-electron chi connectivity index (χ2n) is 7.58. The lowest BCUT2D eigenvalue weighted by molar-refractivity contribution is 0.311. The minimum absolute atomic E-state index is 0.469. The van der Waals surface area contributed by atoms with E-state index in [2.05, 4.69) is 36.5 Å². The molecule has 8 heteroatoms. The number of nitrogens with zero attached hydrogens (tertiary/aromatic N) is 4. The number of nitrogens with one attached hydrogen (secondary N) is 3. The summed E-state index contributed by atoms with van der Waals surface area (Å²) in [5, 5.41) is 16.8. The van der Waals surface area contributed by atoms with Crippen LogP contribution in [0.15, 0.2) is 18.3 Å². The third kappa shape index (κ3) is 3.31. The number of aromatic nitrogens is 2. The van der Waals surface area contributed by atoms with Gasteiger partial charge in [0.15, 0.2) is 0 Å². The van der Waals surface area contributed by atoms with Crippen LogP contribution in [0, 0.1) is 11.3 Å². The molecule has 5 rings (SSSR count). The van der Waals surface area contributed by atoms with Gasteiger partial charge in [0.1, 0.15) is 5.82 Å². The fraction of sp³-hybridized carbons (Fsp3) is 0.474. The summed E-state index contributed by atoms with van der Waals surface area (Å²) in [7, 11) is 0. The van der Waals surface area contributed by atoms with Gasteiger partial charge < -0.3 is 20.5 Å². The summed E-state index contributed by atoms with van der Waals surface area (Å²) in [5.41, 5.74) is 2.24. The van der Waals surface area contributed by atoms with Gasteiger partial charge in [0, 0.05) is 44.5 Å². The van der Waals surface area contributed by atoms with Crippen LogP contribution in [-0.4, -0.2) is 53.1 Å². The Morgan fingerprint density at radius 3 is 2.93 bits per heavy atom. The third-order valence-electron chi connectivity index (χ3n) is 5.60. The molecule has 7 nitrogen and oxygen atoms in total. The van der Waals surface area contributed by atoms with E-state index in [0.717, 1.165) is 44.1 Å². The summed E-state index contributed by atoms with van der Waals surface area (Å²) >= 11 is 6.77. The summed E-state index contributed by atoms with van der Waals surface area (Å²) in [6, 6.07) is 6.97. The maximum Gasteiger partial charge on any atom is 0.206 e. The van der Waals surface area contributed by atoms with Crippen molar-refractivity contribution in [2.24, 2.45) is 0 Å². The van der Waals surface area contributed by atoms with Crippen molar-refractivity contribution in [2.75, 3.05) is 41.7 Å². The maximum atomic E-state index is 9.50. The molecule has 0 radical (unpaired) electrons. The Morgan fingerprint density at radius 2 is 2.11 bits per heavy atom. The van der Waals surface area contributed by atoms with E-state index >= 15 is 0 Å². The first kappa shape index (κ1) is 16.7. The van der Waals surface area contributed by atoms with Crippen LogP contribution in [0.5, 0.6) is 0 Å². The smallest absolute Gasteiger partial charge is 0.206 e. The first-order chi connectivity index (χ1) is 13.2. The molecule has 1 saturated carbocycles. The Bertz CT molecular complexity index is 898. The van der Waals surface area contributed by atoms with E-state index in [-0.39, 0.29) is 0 Å². The number of aromatic amines is 1. The maximum absolute atomic E-state index is 9.50. The van der Waals surface area contributed by atoms with Crippen molar-refractivity contribution in [1.29, 1.82) is 5.26 Å². The topological polar surface area (TPSA) is 83.0 Å². The SMILES string of the molecule is N#Cc1cc(Nc2nc(NC3CC3)c[nH]2)c(Cl)c(N2CCN3CCC2C3)c1. The quantitative estimate of drug-likeness (QED) is 0.735. The van der Waals surface area contributed by atoms with Gasteiger partial charge in [-0.15, -0.1) is 0 Å². The molecule has 140 valence electrons. The van der Waals surface area contributed by atoms with Crippen LogP contribution < -0.4 is 15.5 Å². The molecule has 2 saturated heterocycles. The number of H-pyrrole nitrogens is 1. The molecule has 3 heterocycles.